The molecule has 2 unspecified atom stereocenters. The van der Waals surface area contributed by atoms with Crippen molar-refractivity contribution in [2.24, 2.45) is 4.99 Å². The van der Waals surface area contributed by atoms with Gasteiger partial charge in [-0.15, -0.1) is 0 Å². The van der Waals surface area contributed by atoms with E-state index in [0.29, 0.717) is 0 Å². The van der Waals surface area contributed by atoms with E-state index in [1.807, 2.05) is 6.07 Å². The highest BCUT2D eigenvalue weighted by Crippen LogP contribution is 2.43. The van der Waals surface area contributed by atoms with Gasteiger partial charge in [-0.2, -0.15) is 0 Å². The molecular formula is C57H40N6. The Morgan fingerprint density at radius 2 is 0.778 bits per heavy atom. The van der Waals surface area contributed by atoms with E-state index in [4.69, 9.17) is 4.99 Å². The third-order valence-electron chi connectivity index (χ3n) is 12.9. The summed E-state index contributed by atoms with van der Waals surface area (Å²) in [5.74, 6) is 0.870. The van der Waals surface area contributed by atoms with Crippen LogP contribution < -0.4 is 10.6 Å². The van der Waals surface area contributed by atoms with Gasteiger partial charge in [0.05, 0.1) is 33.1 Å². The Labute approximate surface area is 363 Å². The minimum absolute atomic E-state index is 0.117. The molecule has 0 bridgehead atoms. The number of nitrogens with zero attached hydrogens (tertiary/aromatic N) is 4. The summed E-state index contributed by atoms with van der Waals surface area (Å²) < 4.78 is 7.28. The van der Waals surface area contributed by atoms with E-state index >= 15 is 0 Å². The highest BCUT2D eigenvalue weighted by Gasteiger charge is 2.27. The maximum Gasteiger partial charge on any atom is 0.131 e. The first-order valence-corrected chi connectivity index (χ1v) is 21.6. The van der Waals surface area contributed by atoms with E-state index in [-0.39, 0.29) is 12.3 Å². The van der Waals surface area contributed by atoms with Gasteiger partial charge in [-0.1, -0.05) is 152 Å². The number of para-hydroxylation sites is 4. The number of aliphatic imine (C=N–C) groups is 1. The second-order valence-corrected chi connectivity index (χ2v) is 16.4. The van der Waals surface area contributed by atoms with E-state index in [9.17, 15) is 0 Å². The van der Waals surface area contributed by atoms with Crippen molar-refractivity contribution in [1.82, 2.24) is 24.3 Å². The van der Waals surface area contributed by atoms with Crippen molar-refractivity contribution in [2.75, 3.05) is 0 Å². The van der Waals surface area contributed by atoms with Crippen LogP contribution in [0.25, 0.3) is 82.5 Å². The number of nitrogens with one attached hydrogen (secondary N) is 2. The average Bonchev–Trinajstić information content (AvgIpc) is 4.00. The molecule has 0 amide bonds. The van der Waals surface area contributed by atoms with Gasteiger partial charge in [0, 0.05) is 54.9 Å². The summed E-state index contributed by atoms with van der Waals surface area (Å²) in [6, 6.07) is 78.6. The summed E-state index contributed by atoms with van der Waals surface area (Å²) in [4.78, 5) is 5.28. The van der Waals surface area contributed by atoms with E-state index < -0.39 is 0 Å². The molecule has 9 aromatic carbocycles. The summed E-state index contributed by atoms with van der Waals surface area (Å²) in [5, 5.41) is 14.9. The first kappa shape index (κ1) is 35.6. The maximum absolute atomic E-state index is 5.28. The van der Waals surface area contributed by atoms with Gasteiger partial charge in [-0.05, 0) is 77.9 Å². The van der Waals surface area contributed by atoms with Crippen LogP contribution in [-0.2, 0) is 0 Å². The fourth-order valence-corrected chi connectivity index (χ4v) is 10.2. The number of rotatable bonds is 6. The molecule has 1 aliphatic heterocycles. The van der Waals surface area contributed by atoms with Crippen LogP contribution in [0.15, 0.2) is 223 Å². The molecule has 0 saturated heterocycles. The number of benzene rings is 9. The highest BCUT2D eigenvalue weighted by molar-refractivity contribution is 6.29. The molecular weight excluding hydrogens is 769 g/mol. The van der Waals surface area contributed by atoms with Gasteiger partial charge in [0.1, 0.15) is 18.2 Å². The van der Waals surface area contributed by atoms with Gasteiger partial charge in [0.25, 0.3) is 0 Å². The summed E-state index contributed by atoms with van der Waals surface area (Å²) >= 11 is 0. The largest absolute Gasteiger partial charge is 0.350 e. The normalized spacial score (nSPS) is 15.5. The third kappa shape index (κ3) is 5.59. The monoisotopic (exact) mass is 808 g/mol. The van der Waals surface area contributed by atoms with Crippen molar-refractivity contribution >= 4 is 71.3 Å². The Hall–Kier alpha value is -8.19. The molecule has 0 spiro atoms. The lowest BCUT2D eigenvalue weighted by Gasteiger charge is -2.32. The molecule has 6 heteroatoms. The Balaban J connectivity index is 0.988. The third-order valence-corrected chi connectivity index (χ3v) is 12.9. The first-order chi connectivity index (χ1) is 31.3. The lowest BCUT2D eigenvalue weighted by atomic mass is 10.1. The predicted octanol–water partition coefficient (Wildman–Crippen LogP) is 13.3. The van der Waals surface area contributed by atoms with Crippen molar-refractivity contribution in [3.63, 3.8) is 0 Å². The fourth-order valence-electron chi connectivity index (χ4n) is 10.2. The molecule has 0 radical (unpaired) electrons. The quantitative estimate of drug-likeness (QED) is 0.176. The molecule has 2 atom stereocenters. The zero-order chi connectivity index (χ0) is 41.4. The van der Waals surface area contributed by atoms with Crippen LogP contribution in [0.2, 0.25) is 0 Å². The van der Waals surface area contributed by atoms with Gasteiger partial charge in [0.2, 0.25) is 0 Å². The number of aromatic nitrogens is 3. The lowest BCUT2D eigenvalue weighted by molar-refractivity contribution is 0.409. The molecule has 13 rings (SSSR count). The van der Waals surface area contributed by atoms with Crippen LogP contribution in [0.4, 0.5) is 0 Å². The second kappa shape index (κ2) is 14.2. The Kier molecular flexibility index (Phi) is 8.01. The molecule has 6 nitrogen and oxygen atoms in total. The molecule has 0 fully saturated rings. The van der Waals surface area contributed by atoms with Crippen LogP contribution in [-0.4, -0.2) is 19.5 Å². The number of amidine groups is 1. The Morgan fingerprint density at radius 3 is 1.35 bits per heavy atom. The van der Waals surface area contributed by atoms with E-state index in [2.05, 4.69) is 237 Å². The second-order valence-electron chi connectivity index (χ2n) is 16.4. The van der Waals surface area contributed by atoms with Crippen molar-refractivity contribution < 1.29 is 0 Å². The summed E-state index contributed by atoms with van der Waals surface area (Å²) in [6.45, 7) is 0. The lowest BCUT2D eigenvalue weighted by Crippen LogP contribution is -2.44. The van der Waals surface area contributed by atoms with Crippen LogP contribution in [0.3, 0.4) is 0 Å². The number of fused-ring (bicyclic) bond motifs is 10. The standard InChI is InChI=1S/C57H40N6/c1-3-17-37(18-4-1)55-58-56(38-19-5-2-6-20-38)60-57(59-55)39-21-15-22-40(35-39)62-49-31-13-9-27-45(49)53-51(62)33-34-52-54(53)46-28-10-14-32-50(46)63(52)42-24-16-23-41(36-42)61-47-29-11-7-25-43(47)44-26-8-12-30-48(44)61/h1-36,55,57,59H,(H,58,60). The van der Waals surface area contributed by atoms with Gasteiger partial charge in [-0.3, -0.25) is 5.32 Å². The molecule has 4 heterocycles. The van der Waals surface area contributed by atoms with Gasteiger partial charge >= 0.3 is 0 Å². The van der Waals surface area contributed by atoms with E-state index in [1.54, 1.807) is 0 Å². The maximum atomic E-state index is 5.28. The molecule has 3 aromatic heterocycles. The minimum Gasteiger partial charge on any atom is -0.350 e. The van der Waals surface area contributed by atoms with E-state index in [1.165, 1.54) is 54.4 Å². The average molecular weight is 809 g/mol. The molecule has 298 valence electrons. The first-order valence-electron chi connectivity index (χ1n) is 21.6. The number of hydrogen-bond donors (Lipinski definition) is 2. The molecule has 0 saturated carbocycles. The summed E-state index contributed by atoms with van der Waals surface area (Å²) in [5.41, 5.74) is 13.7. The summed E-state index contributed by atoms with van der Waals surface area (Å²) in [7, 11) is 0. The molecule has 63 heavy (non-hydrogen) atoms. The zero-order valence-electron chi connectivity index (χ0n) is 34.2. The van der Waals surface area contributed by atoms with Crippen molar-refractivity contribution in [2.45, 2.75) is 12.3 Å². The molecule has 2 N–H and O–H groups in total. The summed E-state index contributed by atoms with van der Waals surface area (Å²) in [6.07, 6.45) is -0.392. The Morgan fingerprint density at radius 1 is 0.349 bits per heavy atom. The SMILES string of the molecule is c1ccc(C2=NC(c3cccc(-n4c5ccccc5c5c6c7ccccc7n(-c7cccc(-n8c9ccccc9c9ccccc98)c7)c6ccc54)c3)NC(c3ccccc3)N2)cc1. The predicted molar refractivity (Wildman–Crippen MR) is 261 cm³/mol. The Bertz CT molecular complexity index is 3710. The van der Waals surface area contributed by atoms with Crippen LogP contribution in [0.5, 0.6) is 0 Å². The van der Waals surface area contributed by atoms with Crippen LogP contribution in [0, 0.1) is 0 Å². The van der Waals surface area contributed by atoms with Crippen molar-refractivity contribution in [3.8, 4) is 17.1 Å². The molecule has 1 aliphatic rings. The highest BCUT2D eigenvalue weighted by atomic mass is 15.3. The molecule has 12 aromatic rings. The topological polar surface area (TPSA) is 51.2 Å². The minimum atomic E-state index is -0.275. The van der Waals surface area contributed by atoms with Gasteiger partial charge < -0.3 is 19.0 Å². The van der Waals surface area contributed by atoms with E-state index in [0.717, 1.165) is 50.6 Å². The van der Waals surface area contributed by atoms with Gasteiger partial charge in [-0.25, -0.2) is 4.99 Å². The number of hydrogen-bond acceptors (Lipinski definition) is 3. The zero-order valence-corrected chi connectivity index (χ0v) is 34.2. The van der Waals surface area contributed by atoms with Gasteiger partial charge in [0.15, 0.2) is 0 Å². The van der Waals surface area contributed by atoms with Crippen molar-refractivity contribution in [3.05, 3.63) is 235 Å². The van der Waals surface area contributed by atoms with Crippen LogP contribution in [0.1, 0.15) is 29.0 Å². The molecule has 0 aliphatic carbocycles. The smallest absolute Gasteiger partial charge is 0.131 e. The van der Waals surface area contributed by atoms with Crippen LogP contribution >= 0.6 is 0 Å². The van der Waals surface area contributed by atoms with Crippen molar-refractivity contribution in [1.29, 1.82) is 0 Å². The fraction of sp³-hybridized carbons (Fsp3) is 0.0351.